The Kier molecular flexibility index (Phi) is 4.19. The van der Waals surface area contributed by atoms with E-state index in [4.69, 9.17) is 23.2 Å². The van der Waals surface area contributed by atoms with Gasteiger partial charge in [0.15, 0.2) is 0 Å². The van der Waals surface area contributed by atoms with Crippen LogP contribution in [0.1, 0.15) is 17.8 Å². The first-order valence-corrected chi connectivity index (χ1v) is 8.02. The second-order valence-electron chi connectivity index (χ2n) is 4.62. The molecule has 0 bridgehead atoms. The monoisotopic (exact) mass is 337 g/mol. The molecule has 1 atom stereocenters. The zero-order valence-electron chi connectivity index (χ0n) is 11.3. The van der Waals surface area contributed by atoms with Crippen LogP contribution in [0.25, 0.3) is 5.69 Å². The van der Waals surface area contributed by atoms with E-state index in [0.717, 1.165) is 15.7 Å². The van der Waals surface area contributed by atoms with E-state index in [1.54, 1.807) is 17.5 Å². The van der Waals surface area contributed by atoms with Crippen molar-refractivity contribution in [2.45, 2.75) is 13.0 Å². The number of hydrogen-bond acceptors (Lipinski definition) is 3. The van der Waals surface area contributed by atoms with E-state index < -0.39 is 0 Å². The molecular formula is C15H13Cl2N3S. The van der Waals surface area contributed by atoms with Gasteiger partial charge in [-0.3, -0.25) is 0 Å². The Morgan fingerprint density at radius 2 is 2.10 bits per heavy atom. The van der Waals surface area contributed by atoms with E-state index in [0.29, 0.717) is 5.02 Å². The van der Waals surface area contributed by atoms with Crippen LogP contribution in [-0.2, 0) is 0 Å². The predicted molar refractivity (Wildman–Crippen MR) is 89.9 cm³/mol. The summed E-state index contributed by atoms with van der Waals surface area (Å²) in [4.78, 5) is 1.17. The molecule has 0 aliphatic heterocycles. The summed E-state index contributed by atoms with van der Waals surface area (Å²) in [5.41, 5.74) is 1.89. The molecule has 0 saturated heterocycles. The molecule has 3 rings (SSSR count). The zero-order chi connectivity index (χ0) is 14.8. The van der Waals surface area contributed by atoms with Crippen molar-refractivity contribution in [3.63, 3.8) is 0 Å². The first-order valence-electron chi connectivity index (χ1n) is 6.45. The Hall–Kier alpha value is -1.49. The van der Waals surface area contributed by atoms with E-state index >= 15 is 0 Å². The maximum Gasteiger partial charge on any atom is 0.0932 e. The summed E-state index contributed by atoms with van der Waals surface area (Å²) >= 11 is 13.7. The average molecular weight is 338 g/mol. The van der Waals surface area contributed by atoms with E-state index in [1.807, 2.05) is 47.3 Å². The van der Waals surface area contributed by atoms with Gasteiger partial charge in [0, 0.05) is 22.3 Å². The molecule has 0 radical (unpaired) electrons. The lowest BCUT2D eigenvalue weighted by atomic mass is 10.2. The molecule has 1 N–H and O–H groups in total. The van der Waals surface area contributed by atoms with Gasteiger partial charge >= 0.3 is 0 Å². The second kappa shape index (κ2) is 6.10. The smallest absolute Gasteiger partial charge is 0.0932 e. The van der Waals surface area contributed by atoms with Crippen molar-refractivity contribution in [2.24, 2.45) is 0 Å². The molecule has 6 heteroatoms. The van der Waals surface area contributed by atoms with Crippen LogP contribution < -0.4 is 5.32 Å². The molecule has 108 valence electrons. The highest BCUT2D eigenvalue weighted by atomic mass is 35.5. The third-order valence-electron chi connectivity index (χ3n) is 3.10. The fourth-order valence-corrected chi connectivity index (χ4v) is 3.34. The normalized spacial score (nSPS) is 12.3. The third kappa shape index (κ3) is 3.23. The largest absolute Gasteiger partial charge is 0.376 e. The van der Waals surface area contributed by atoms with E-state index in [2.05, 4.69) is 17.3 Å². The molecule has 3 aromatic rings. The van der Waals surface area contributed by atoms with Gasteiger partial charge in [-0.15, -0.1) is 11.3 Å². The number of thiophene rings is 1. The number of aromatic nitrogens is 2. The van der Waals surface area contributed by atoms with Crippen molar-refractivity contribution in [3.05, 3.63) is 63.0 Å². The van der Waals surface area contributed by atoms with Crippen LogP contribution in [0.3, 0.4) is 0 Å². The maximum absolute atomic E-state index is 6.12. The van der Waals surface area contributed by atoms with Crippen molar-refractivity contribution in [1.29, 1.82) is 0 Å². The molecule has 0 aliphatic carbocycles. The van der Waals surface area contributed by atoms with Crippen LogP contribution in [0, 0.1) is 0 Å². The Bertz CT molecular complexity index is 737. The lowest BCUT2D eigenvalue weighted by Crippen LogP contribution is -2.08. The zero-order valence-corrected chi connectivity index (χ0v) is 13.6. The van der Waals surface area contributed by atoms with Gasteiger partial charge in [0.25, 0.3) is 0 Å². The van der Waals surface area contributed by atoms with Crippen molar-refractivity contribution < 1.29 is 0 Å². The topological polar surface area (TPSA) is 29.9 Å². The summed E-state index contributed by atoms with van der Waals surface area (Å²) in [6.45, 7) is 2.09. The summed E-state index contributed by atoms with van der Waals surface area (Å²) < 4.78 is 2.60. The first-order chi connectivity index (χ1) is 10.1. The highest BCUT2D eigenvalue weighted by molar-refractivity contribution is 7.16. The number of rotatable bonds is 4. The van der Waals surface area contributed by atoms with E-state index in [-0.39, 0.29) is 6.04 Å². The Labute approximate surface area is 137 Å². The van der Waals surface area contributed by atoms with Gasteiger partial charge in [-0.1, -0.05) is 23.2 Å². The molecule has 0 aliphatic rings. The minimum absolute atomic E-state index is 0.135. The molecule has 1 aromatic carbocycles. The fourth-order valence-electron chi connectivity index (χ4n) is 2.10. The van der Waals surface area contributed by atoms with Crippen LogP contribution in [0.4, 0.5) is 5.69 Å². The summed E-state index contributed by atoms with van der Waals surface area (Å²) in [7, 11) is 0. The summed E-state index contributed by atoms with van der Waals surface area (Å²) in [6.07, 6.45) is 3.65. The highest BCUT2D eigenvalue weighted by Crippen LogP contribution is 2.32. The van der Waals surface area contributed by atoms with Crippen molar-refractivity contribution in [1.82, 2.24) is 9.78 Å². The van der Waals surface area contributed by atoms with Gasteiger partial charge in [0.2, 0.25) is 0 Å². The maximum atomic E-state index is 6.12. The lowest BCUT2D eigenvalue weighted by molar-refractivity contribution is 0.862. The highest BCUT2D eigenvalue weighted by Gasteiger charge is 2.12. The average Bonchev–Trinajstić information content (AvgIpc) is 3.10. The van der Waals surface area contributed by atoms with Gasteiger partial charge in [0.05, 0.1) is 21.8 Å². The van der Waals surface area contributed by atoms with Crippen molar-refractivity contribution in [3.8, 4) is 5.69 Å². The standard InChI is InChI=1S/C15H13Cl2N3S/c1-10(14-5-6-15(17)21-14)19-12-9-11(16)3-4-13(12)20-8-2-7-18-20/h2-10,19H,1H3. The molecule has 0 fully saturated rings. The quantitative estimate of drug-likeness (QED) is 0.689. The number of halogens is 2. The van der Waals surface area contributed by atoms with Crippen LogP contribution >= 0.6 is 34.5 Å². The molecule has 2 heterocycles. The lowest BCUT2D eigenvalue weighted by Gasteiger charge is -2.17. The molecule has 2 aromatic heterocycles. The minimum atomic E-state index is 0.135. The minimum Gasteiger partial charge on any atom is -0.376 e. The number of anilines is 1. The van der Waals surface area contributed by atoms with Crippen LogP contribution in [0.5, 0.6) is 0 Å². The molecule has 0 saturated carbocycles. The predicted octanol–water partition coefficient (Wildman–Crippen LogP) is 5.41. The van der Waals surface area contributed by atoms with E-state index in [1.165, 1.54) is 4.88 Å². The Morgan fingerprint density at radius 1 is 1.24 bits per heavy atom. The molecule has 0 amide bonds. The molecule has 3 nitrogen and oxygen atoms in total. The fraction of sp³-hybridized carbons (Fsp3) is 0.133. The Balaban J connectivity index is 1.92. The Morgan fingerprint density at radius 3 is 2.76 bits per heavy atom. The van der Waals surface area contributed by atoms with Gasteiger partial charge < -0.3 is 5.32 Å². The third-order valence-corrected chi connectivity index (χ3v) is 4.75. The number of benzene rings is 1. The van der Waals surface area contributed by atoms with Gasteiger partial charge in [0.1, 0.15) is 0 Å². The molecule has 21 heavy (non-hydrogen) atoms. The first kappa shape index (κ1) is 14.4. The van der Waals surface area contributed by atoms with Crippen LogP contribution in [0.2, 0.25) is 9.36 Å². The van der Waals surface area contributed by atoms with Crippen molar-refractivity contribution >= 4 is 40.2 Å². The van der Waals surface area contributed by atoms with Crippen molar-refractivity contribution in [2.75, 3.05) is 5.32 Å². The number of hydrogen-bond donors (Lipinski definition) is 1. The number of nitrogens with zero attached hydrogens (tertiary/aromatic N) is 2. The molecule has 1 unspecified atom stereocenters. The van der Waals surface area contributed by atoms with Gasteiger partial charge in [-0.2, -0.15) is 5.10 Å². The van der Waals surface area contributed by atoms with E-state index in [9.17, 15) is 0 Å². The SMILES string of the molecule is CC(Nc1cc(Cl)ccc1-n1cccn1)c1ccc(Cl)s1. The second-order valence-corrected chi connectivity index (χ2v) is 6.80. The van der Waals surface area contributed by atoms with Gasteiger partial charge in [-0.25, -0.2) is 4.68 Å². The van der Waals surface area contributed by atoms with Crippen LogP contribution in [0.15, 0.2) is 48.8 Å². The number of nitrogens with one attached hydrogen (secondary N) is 1. The summed E-state index contributed by atoms with van der Waals surface area (Å²) in [6, 6.07) is 11.7. The van der Waals surface area contributed by atoms with Gasteiger partial charge in [-0.05, 0) is 43.3 Å². The summed E-state index contributed by atoms with van der Waals surface area (Å²) in [5.74, 6) is 0. The van der Waals surface area contributed by atoms with Crippen LogP contribution in [-0.4, -0.2) is 9.78 Å². The summed E-state index contributed by atoms with van der Waals surface area (Å²) in [5, 5.41) is 8.44. The molecular weight excluding hydrogens is 325 g/mol. The molecule has 0 spiro atoms.